The van der Waals surface area contributed by atoms with Gasteiger partial charge in [-0.3, -0.25) is 0 Å². The molecule has 0 bridgehead atoms. The number of hydrogen-bond acceptors (Lipinski definition) is 2. The average Bonchev–Trinajstić information content (AvgIpc) is 2.17. The molecule has 2 nitrogen and oxygen atoms in total. The summed E-state index contributed by atoms with van der Waals surface area (Å²) < 4.78 is 5.72. The van der Waals surface area contributed by atoms with Crippen molar-refractivity contribution < 1.29 is 4.74 Å². The highest BCUT2D eigenvalue weighted by atomic mass is 16.5. The van der Waals surface area contributed by atoms with Crippen LogP contribution in [0, 0.1) is 6.92 Å². The molecule has 0 spiro atoms. The number of benzene rings is 1. The molecule has 0 aromatic heterocycles. The molecule has 1 atom stereocenters. The van der Waals surface area contributed by atoms with E-state index in [4.69, 9.17) is 10.5 Å². The van der Waals surface area contributed by atoms with Crippen LogP contribution in [0.25, 0.3) is 0 Å². The molecule has 0 saturated heterocycles. The lowest BCUT2D eigenvalue weighted by Crippen LogP contribution is -2.25. The van der Waals surface area contributed by atoms with Gasteiger partial charge in [-0.25, -0.2) is 0 Å². The van der Waals surface area contributed by atoms with E-state index in [1.165, 1.54) is 0 Å². The highest BCUT2D eigenvalue weighted by Crippen LogP contribution is 2.18. The van der Waals surface area contributed by atoms with E-state index >= 15 is 0 Å². The van der Waals surface area contributed by atoms with Crippen LogP contribution in [0.1, 0.15) is 18.9 Å². The van der Waals surface area contributed by atoms with Crippen molar-refractivity contribution in [3.05, 3.63) is 29.8 Å². The maximum atomic E-state index is 5.72. The van der Waals surface area contributed by atoms with Gasteiger partial charge in [-0.2, -0.15) is 0 Å². The minimum absolute atomic E-state index is 0.140. The Hall–Kier alpha value is -1.02. The maximum Gasteiger partial charge on any atom is 0.122 e. The van der Waals surface area contributed by atoms with E-state index in [2.05, 4.69) is 6.92 Å². The van der Waals surface area contributed by atoms with Gasteiger partial charge in [-0.05, 0) is 25.0 Å². The molecule has 1 unspecified atom stereocenters. The summed E-state index contributed by atoms with van der Waals surface area (Å²) >= 11 is 0. The van der Waals surface area contributed by atoms with Crippen LogP contribution in [-0.4, -0.2) is 12.6 Å². The molecule has 13 heavy (non-hydrogen) atoms. The number of aryl methyl sites for hydroxylation is 1. The van der Waals surface area contributed by atoms with Crippen molar-refractivity contribution in [2.75, 3.05) is 6.54 Å². The third kappa shape index (κ3) is 2.74. The number of ether oxygens (including phenoxy) is 1. The van der Waals surface area contributed by atoms with E-state index in [1.54, 1.807) is 0 Å². The van der Waals surface area contributed by atoms with Gasteiger partial charge in [0.2, 0.25) is 0 Å². The fourth-order valence-corrected chi connectivity index (χ4v) is 1.17. The van der Waals surface area contributed by atoms with Crippen molar-refractivity contribution in [2.45, 2.75) is 26.4 Å². The van der Waals surface area contributed by atoms with Crippen LogP contribution in [0.4, 0.5) is 0 Å². The van der Waals surface area contributed by atoms with E-state index in [9.17, 15) is 0 Å². The van der Waals surface area contributed by atoms with Gasteiger partial charge in [0.15, 0.2) is 0 Å². The number of nitrogens with two attached hydrogens (primary N) is 1. The van der Waals surface area contributed by atoms with Crippen LogP contribution in [0.3, 0.4) is 0 Å². The zero-order valence-corrected chi connectivity index (χ0v) is 8.29. The summed E-state index contributed by atoms with van der Waals surface area (Å²) in [7, 11) is 0. The molecule has 1 aromatic carbocycles. The smallest absolute Gasteiger partial charge is 0.122 e. The Bertz CT molecular complexity index is 256. The Morgan fingerprint density at radius 2 is 2.08 bits per heavy atom. The summed E-state index contributed by atoms with van der Waals surface area (Å²) in [4.78, 5) is 0. The first-order chi connectivity index (χ1) is 6.27. The third-order valence-electron chi connectivity index (χ3n) is 2.11. The summed E-state index contributed by atoms with van der Waals surface area (Å²) in [5.74, 6) is 0.944. The molecule has 72 valence electrons. The van der Waals surface area contributed by atoms with E-state index in [-0.39, 0.29) is 6.10 Å². The summed E-state index contributed by atoms with van der Waals surface area (Å²) in [6.07, 6.45) is 1.09. The molecule has 2 heteroatoms. The van der Waals surface area contributed by atoms with Crippen LogP contribution < -0.4 is 10.5 Å². The fourth-order valence-electron chi connectivity index (χ4n) is 1.17. The maximum absolute atomic E-state index is 5.72. The zero-order chi connectivity index (χ0) is 9.68. The standard InChI is InChI=1S/C11H17NO/c1-3-10(8-12)13-11-7-5-4-6-9(11)2/h4-7,10H,3,8,12H2,1-2H3. The lowest BCUT2D eigenvalue weighted by molar-refractivity contribution is 0.204. The normalized spacial score (nSPS) is 12.5. The van der Waals surface area contributed by atoms with Crippen LogP contribution in [-0.2, 0) is 0 Å². The Morgan fingerprint density at radius 3 is 2.62 bits per heavy atom. The first-order valence-corrected chi connectivity index (χ1v) is 4.70. The van der Waals surface area contributed by atoms with E-state index in [0.29, 0.717) is 6.54 Å². The van der Waals surface area contributed by atoms with E-state index < -0.39 is 0 Å². The molecule has 0 aliphatic carbocycles. The minimum Gasteiger partial charge on any atom is -0.489 e. The second kappa shape index (κ2) is 4.87. The van der Waals surface area contributed by atoms with E-state index in [1.807, 2.05) is 31.2 Å². The topological polar surface area (TPSA) is 35.2 Å². The molecule has 1 rings (SSSR count). The largest absolute Gasteiger partial charge is 0.489 e. The van der Waals surface area contributed by atoms with Gasteiger partial charge < -0.3 is 10.5 Å². The molecule has 0 amide bonds. The molecule has 2 N–H and O–H groups in total. The van der Waals surface area contributed by atoms with Crippen molar-refractivity contribution in [2.24, 2.45) is 5.73 Å². The molecule has 0 aliphatic rings. The molecular formula is C11H17NO. The number of rotatable bonds is 4. The van der Waals surface area contributed by atoms with Gasteiger partial charge in [0, 0.05) is 6.54 Å². The van der Waals surface area contributed by atoms with Gasteiger partial charge in [-0.1, -0.05) is 25.1 Å². The van der Waals surface area contributed by atoms with Crippen molar-refractivity contribution in [1.82, 2.24) is 0 Å². The SMILES string of the molecule is CCC(CN)Oc1ccccc1C. The van der Waals surface area contributed by atoms with Gasteiger partial charge >= 0.3 is 0 Å². The zero-order valence-electron chi connectivity index (χ0n) is 8.29. The first kappa shape index (κ1) is 10.1. The van der Waals surface area contributed by atoms with Gasteiger partial charge in [0.05, 0.1) is 0 Å². The Kier molecular flexibility index (Phi) is 3.77. The Labute approximate surface area is 79.7 Å². The third-order valence-corrected chi connectivity index (χ3v) is 2.11. The van der Waals surface area contributed by atoms with Crippen molar-refractivity contribution in [1.29, 1.82) is 0 Å². The highest BCUT2D eigenvalue weighted by molar-refractivity contribution is 5.31. The summed E-state index contributed by atoms with van der Waals surface area (Å²) in [5, 5.41) is 0. The highest BCUT2D eigenvalue weighted by Gasteiger charge is 2.06. The van der Waals surface area contributed by atoms with Gasteiger partial charge in [-0.15, -0.1) is 0 Å². The fraction of sp³-hybridized carbons (Fsp3) is 0.455. The van der Waals surface area contributed by atoms with Crippen LogP contribution in [0.15, 0.2) is 24.3 Å². The lowest BCUT2D eigenvalue weighted by Gasteiger charge is -2.16. The summed E-state index contributed by atoms with van der Waals surface area (Å²) in [6, 6.07) is 8.00. The number of hydrogen-bond donors (Lipinski definition) is 1. The molecular weight excluding hydrogens is 162 g/mol. The van der Waals surface area contributed by atoms with Crippen LogP contribution in [0.5, 0.6) is 5.75 Å². The second-order valence-corrected chi connectivity index (χ2v) is 3.15. The van der Waals surface area contributed by atoms with Crippen molar-refractivity contribution in [3.8, 4) is 5.75 Å². The van der Waals surface area contributed by atoms with Crippen molar-refractivity contribution >= 4 is 0 Å². The monoisotopic (exact) mass is 179 g/mol. The average molecular weight is 179 g/mol. The minimum atomic E-state index is 0.140. The van der Waals surface area contributed by atoms with Crippen LogP contribution >= 0.6 is 0 Å². The van der Waals surface area contributed by atoms with Gasteiger partial charge in [0.1, 0.15) is 11.9 Å². The molecule has 0 fully saturated rings. The van der Waals surface area contributed by atoms with Gasteiger partial charge in [0.25, 0.3) is 0 Å². The number of para-hydroxylation sites is 1. The molecule has 0 aliphatic heterocycles. The summed E-state index contributed by atoms with van der Waals surface area (Å²) in [5.41, 5.74) is 6.72. The quantitative estimate of drug-likeness (QED) is 0.768. The Morgan fingerprint density at radius 1 is 1.38 bits per heavy atom. The first-order valence-electron chi connectivity index (χ1n) is 4.70. The lowest BCUT2D eigenvalue weighted by atomic mass is 10.2. The summed E-state index contributed by atoms with van der Waals surface area (Å²) in [6.45, 7) is 4.69. The predicted molar refractivity (Wildman–Crippen MR) is 54.9 cm³/mol. The van der Waals surface area contributed by atoms with Crippen LogP contribution in [0.2, 0.25) is 0 Å². The molecule has 0 heterocycles. The Balaban J connectivity index is 2.67. The molecule has 0 saturated carbocycles. The molecule has 0 radical (unpaired) electrons. The second-order valence-electron chi connectivity index (χ2n) is 3.15. The van der Waals surface area contributed by atoms with E-state index in [0.717, 1.165) is 17.7 Å². The van der Waals surface area contributed by atoms with Crippen molar-refractivity contribution in [3.63, 3.8) is 0 Å². The molecule has 1 aromatic rings. The predicted octanol–water partition coefficient (Wildman–Crippen LogP) is 2.11.